The molecule has 0 amide bonds. The number of fused-ring (bicyclic) bond motifs is 2. The first-order valence-corrected chi connectivity index (χ1v) is 9.74. The monoisotopic (exact) mass is 387 g/mol. The van der Waals surface area contributed by atoms with Crippen LogP contribution in [0.4, 0.5) is 0 Å². The minimum absolute atomic E-state index is 0.474. The van der Waals surface area contributed by atoms with Crippen LogP contribution in [0.1, 0.15) is 24.1 Å². The molecule has 152 valence electrons. The summed E-state index contributed by atoms with van der Waals surface area (Å²) in [5.74, 6) is 2.13. The summed E-state index contributed by atoms with van der Waals surface area (Å²) in [6.07, 6.45) is 6.48. The Bertz CT molecular complexity index is 741. The Morgan fingerprint density at radius 2 is 1.96 bits per heavy atom. The van der Waals surface area contributed by atoms with Crippen LogP contribution in [-0.4, -0.2) is 62.0 Å². The summed E-state index contributed by atoms with van der Waals surface area (Å²) in [6, 6.07) is 6.01. The molecule has 1 aromatic heterocycles. The van der Waals surface area contributed by atoms with Crippen LogP contribution >= 0.6 is 0 Å². The lowest BCUT2D eigenvalue weighted by Gasteiger charge is -2.24. The number of hydrogen-bond acceptors (Lipinski definition) is 7. The van der Waals surface area contributed by atoms with E-state index in [1.807, 2.05) is 18.3 Å². The van der Waals surface area contributed by atoms with Gasteiger partial charge in [-0.1, -0.05) is 12.1 Å². The molecule has 0 saturated carbocycles. The predicted molar refractivity (Wildman–Crippen MR) is 106 cm³/mol. The van der Waals surface area contributed by atoms with E-state index in [0.29, 0.717) is 25.7 Å². The number of methoxy groups -OCH3 is 2. The van der Waals surface area contributed by atoms with Crippen molar-refractivity contribution in [3.8, 4) is 17.4 Å². The molecule has 1 aromatic carbocycles. The molecule has 1 aliphatic rings. The van der Waals surface area contributed by atoms with E-state index in [0.717, 1.165) is 61.7 Å². The zero-order valence-electron chi connectivity index (χ0n) is 16.7. The predicted octanol–water partition coefficient (Wildman–Crippen LogP) is 2.73. The average Bonchev–Trinajstić information content (AvgIpc) is 2.72. The molecule has 2 heterocycles. The van der Waals surface area contributed by atoms with Gasteiger partial charge in [0.2, 0.25) is 5.88 Å². The van der Waals surface area contributed by atoms with E-state index in [1.54, 1.807) is 20.4 Å². The molecule has 3 rings (SSSR count). The highest BCUT2D eigenvalue weighted by Gasteiger charge is 2.14. The van der Waals surface area contributed by atoms with Crippen LogP contribution in [0.15, 0.2) is 30.6 Å². The van der Waals surface area contributed by atoms with Gasteiger partial charge in [0.15, 0.2) is 11.5 Å². The normalized spacial score (nSPS) is 16.6. The van der Waals surface area contributed by atoms with E-state index in [2.05, 4.69) is 20.9 Å². The number of para-hydroxylation sites is 1. The first-order chi connectivity index (χ1) is 13.8. The maximum atomic E-state index is 5.75. The SMILES string of the molecule is COc1cccc(CN2CCCCc3cncc(n3)OCCOCC2)c1OC. The number of rotatable bonds is 4. The molecule has 28 heavy (non-hydrogen) atoms. The molecular formula is C21H29N3O4. The lowest BCUT2D eigenvalue weighted by atomic mass is 10.1. The molecule has 2 bridgehead atoms. The Morgan fingerprint density at radius 1 is 1.04 bits per heavy atom. The molecule has 0 N–H and O–H groups in total. The highest BCUT2D eigenvalue weighted by molar-refractivity contribution is 5.46. The van der Waals surface area contributed by atoms with Gasteiger partial charge in [0.25, 0.3) is 0 Å². The van der Waals surface area contributed by atoms with Crippen LogP contribution in [0.5, 0.6) is 17.4 Å². The molecule has 0 saturated heterocycles. The average molecular weight is 387 g/mol. The number of nitrogens with zero attached hydrogens (tertiary/aromatic N) is 3. The molecular weight excluding hydrogens is 358 g/mol. The van der Waals surface area contributed by atoms with Gasteiger partial charge in [0.1, 0.15) is 6.61 Å². The number of ether oxygens (including phenoxy) is 4. The lowest BCUT2D eigenvalue weighted by molar-refractivity contribution is 0.0756. The van der Waals surface area contributed by atoms with E-state index < -0.39 is 0 Å². The summed E-state index contributed by atoms with van der Waals surface area (Å²) >= 11 is 0. The van der Waals surface area contributed by atoms with Crippen molar-refractivity contribution in [2.24, 2.45) is 0 Å². The summed E-state index contributed by atoms with van der Waals surface area (Å²) < 4.78 is 22.4. The Labute approximate surface area is 166 Å². The fourth-order valence-electron chi connectivity index (χ4n) is 3.31. The molecule has 0 radical (unpaired) electrons. The van der Waals surface area contributed by atoms with E-state index >= 15 is 0 Å². The van der Waals surface area contributed by atoms with Gasteiger partial charge in [-0.3, -0.25) is 9.88 Å². The number of aromatic nitrogens is 2. The van der Waals surface area contributed by atoms with Crippen molar-refractivity contribution < 1.29 is 18.9 Å². The maximum absolute atomic E-state index is 5.75. The zero-order valence-corrected chi connectivity index (χ0v) is 16.7. The number of benzene rings is 1. The molecule has 0 spiro atoms. The molecule has 0 fully saturated rings. The van der Waals surface area contributed by atoms with Crippen LogP contribution < -0.4 is 14.2 Å². The Hall–Kier alpha value is -2.38. The summed E-state index contributed by atoms with van der Waals surface area (Å²) in [5.41, 5.74) is 2.08. The van der Waals surface area contributed by atoms with Gasteiger partial charge >= 0.3 is 0 Å². The Balaban J connectivity index is 1.65. The molecule has 0 unspecified atom stereocenters. The number of aryl methyl sites for hydroxylation is 1. The lowest BCUT2D eigenvalue weighted by Crippen LogP contribution is -2.29. The standard InChI is InChI=1S/C21H29N3O4/c1-25-19-8-5-6-17(21(19)26-2)16-24-9-4-3-7-18-14-22-15-20(23-18)28-13-12-27-11-10-24/h5-6,8,14-15H,3-4,7,9-13,16H2,1-2H3. The molecule has 7 nitrogen and oxygen atoms in total. The molecule has 0 aliphatic carbocycles. The summed E-state index contributed by atoms with van der Waals surface area (Å²) in [6.45, 7) is 4.28. The van der Waals surface area contributed by atoms with Crippen LogP contribution in [-0.2, 0) is 17.7 Å². The molecule has 1 aliphatic heterocycles. The third-order valence-electron chi connectivity index (χ3n) is 4.73. The zero-order chi connectivity index (χ0) is 19.6. The Morgan fingerprint density at radius 3 is 2.82 bits per heavy atom. The molecule has 2 aromatic rings. The van der Waals surface area contributed by atoms with Crippen molar-refractivity contribution >= 4 is 0 Å². The summed E-state index contributed by atoms with van der Waals surface area (Å²) in [4.78, 5) is 11.1. The minimum atomic E-state index is 0.474. The van der Waals surface area contributed by atoms with Gasteiger partial charge in [-0.2, -0.15) is 0 Å². The maximum Gasteiger partial charge on any atom is 0.232 e. The van der Waals surface area contributed by atoms with Crippen molar-refractivity contribution in [1.82, 2.24) is 14.9 Å². The second kappa shape index (κ2) is 10.8. The largest absolute Gasteiger partial charge is 0.493 e. The number of hydrogen-bond donors (Lipinski definition) is 0. The van der Waals surface area contributed by atoms with Gasteiger partial charge in [0, 0.05) is 24.8 Å². The van der Waals surface area contributed by atoms with Gasteiger partial charge < -0.3 is 18.9 Å². The van der Waals surface area contributed by atoms with Crippen molar-refractivity contribution in [3.63, 3.8) is 0 Å². The van der Waals surface area contributed by atoms with Gasteiger partial charge in [-0.05, 0) is 31.9 Å². The van der Waals surface area contributed by atoms with Crippen LogP contribution in [0.3, 0.4) is 0 Å². The van der Waals surface area contributed by atoms with E-state index in [1.165, 1.54) is 0 Å². The van der Waals surface area contributed by atoms with E-state index in [9.17, 15) is 0 Å². The van der Waals surface area contributed by atoms with E-state index in [-0.39, 0.29) is 0 Å². The minimum Gasteiger partial charge on any atom is -0.493 e. The highest BCUT2D eigenvalue weighted by Crippen LogP contribution is 2.31. The second-order valence-electron chi connectivity index (χ2n) is 6.70. The fraction of sp³-hybridized carbons (Fsp3) is 0.524. The third-order valence-corrected chi connectivity index (χ3v) is 4.73. The van der Waals surface area contributed by atoms with Crippen LogP contribution in [0.2, 0.25) is 0 Å². The quantitative estimate of drug-likeness (QED) is 0.799. The summed E-state index contributed by atoms with van der Waals surface area (Å²) in [7, 11) is 3.35. The van der Waals surface area contributed by atoms with Crippen molar-refractivity contribution in [2.45, 2.75) is 25.8 Å². The van der Waals surface area contributed by atoms with Gasteiger partial charge in [-0.25, -0.2) is 4.98 Å². The first-order valence-electron chi connectivity index (χ1n) is 9.74. The summed E-state index contributed by atoms with van der Waals surface area (Å²) in [5, 5.41) is 0. The van der Waals surface area contributed by atoms with Gasteiger partial charge in [-0.15, -0.1) is 0 Å². The molecule has 7 heteroatoms. The van der Waals surface area contributed by atoms with Crippen LogP contribution in [0, 0.1) is 0 Å². The molecule has 0 atom stereocenters. The Kier molecular flexibility index (Phi) is 7.87. The van der Waals surface area contributed by atoms with Crippen molar-refractivity contribution in [1.29, 1.82) is 0 Å². The van der Waals surface area contributed by atoms with Gasteiger partial charge in [0.05, 0.1) is 39.3 Å². The third kappa shape index (κ3) is 5.81. The fourth-order valence-corrected chi connectivity index (χ4v) is 3.31. The smallest absolute Gasteiger partial charge is 0.232 e. The highest BCUT2D eigenvalue weighted by atomic mass is 16.5. The van der Waals surface area contributed by atoms with Crippen molar-refractivity contribution in [2.75, 3.05) is 47.1 Å². The topological polar surface area (TPSA) is 65.9 Å². The van der Waals surface area contributed by atoms with E-state index in [4.69, 9.17) is 18.9 Å². The van der Waals surface area contributed by atoms with Crippen LogP contribution in [0.25, 0.3) is 0 Å². The van der Waals surface area contributed by atoms with Crippen molar-refractivity contribution in [3.05, 3.63) is 41.9 Å². The first kappa shape index (κ1) is 20.4. The second-order valence-corrected chi connectivity index (χ2v) is 6.70.